The molecule has 1 rings (SSSR count). The van der Waals surface area contributed by atoms with Gasteiger partial charge in [-0.05, 0) is 32.1 Å². The van der Waals surface area contributed by atoms with Gasteiger partial charge in [0.25, 0.3) is 0 Å². The molecular formula is C14H25NO3. The van der Waals surface area contributed by atoms with Gasteiger partial charge in [-0.2, -0.15) is 0 Å². The zero-order valence-corrected chi connectivity index (χ0v) is 11.8. The fraction of sp³-hybridized carbons (Fsp3) is 0.857. The number of carbonyl (C=O) groups is 2. The second-order valence-electron chi connectivity index (χ2n) is 5.31. The van der Waals surface area contributed by atoms with E-state index in [-0.39, 0.29) is 11.9 Å². The molecule has 0 aromatic carbocycles. The number of rotatable bonds is 8. The molecule has 0 aromatic rings. The van der Waals surface area contributed by atoms with Crippen LogP contribution in [0.3, 0.4) is 0 Å². The molecule has 18 heavy (non-hydrogen) atoms. The van der Waals surface area contributed by atoms with Crippen molar-refractivity contribution in [2.24, 2.45) is 5.92 Å². The van der Waals surface area contributed by atoms with Crippen molar-refractivity contribution in [3.63, 3.8) is 0 Å². The Balaban J connectivity index is 2.35. The minimum absolute atomic E-state index is 0.190. The van der Waals surface area contributed by atoms with Gasteiger partial charge < -0.3 is 9.64 Å². The molecule has 0 heterocycles. The van der Waals surface area contributed by atoms with Gasteiger partial charge in [-0.1, -0.05) is 13.8 Å². The van der Waals surface area contributed by atoms with Crippen molar-refractivity contribution in [2.45, 2.75) is 58.9 Å². The molecule has 1 aliphatic carbocycles. The van der Waals surface area contributed by atoms with E-state index in [4.69, 9.17) is 4.74 Å². The van der Waals surface area contributed by atoms with Crippen molar-refractivity contribution >= 4 is 11.9 Å². The molecule has 0 radical (unpaired) electrons. The highest BCUT2D eigenvalue weighted by Gasteiger charge is 2.32. The standard InChI is InChI=1S/C14H25NO3/c1-4-18-14(17)9-10-15(12-6-7-12)13(16)8-5-11(2)3/h11-12H,4-10H2,1-3H3. The second-order valence-corrected chi connectivity index (χ2v) is 5.31. The Bertz CT molecular complexity index is 285. The molecular weight excluding hydrogens is 230 g/mol. The van der Waals surface area contributed by atoms with Crippen LogP contribution in [-0.4, -0.2) is 36.0 Å². The SMILES string of the molecule is CCOC(=O)CCN(C(=O)CCC(C)C)C1CC1. The Morgan fingerprint density at radius 2 is 1.94 bits per heavy atom. The molecule has 1 amide bonds. The molecule has 1 fully saturated rings. The maximum atomic E-state index is 12.1. The lowest BCUT2D eigenvalue weighted by atomic mass is 10.1. The van der Waals surface area contributed by atoms with Gasteiger partial charge in [-0.15, -0.1) is 0 Å². The summed E-state index contributed by atoms with van der Waals surface area (Å²) < 4.78 is 4.89. The predicted octanol–water partition coefficient (Wildman–Crippen LogP) is 2.37. The van der Waals surface area contributed by atoms with Crippen molar-refractivity contribution in [1.82, 2.24) is 4.90 Å². The van der Waals surface area contributed by atoms with Crippen LogP contribution in [0.25, 0.3) is 0 Å². The highest BCUT2D eigenvalue weighted by atomic mass is 16.5. The third-order valence-corrected chi connectivity index (χ3v) is 3.11. The van der Waals surface area contributed by atoms with Crippen LogP contribution in [0, 0.1) is 5.92 Å². The number of nitrogens with zero attached hydrogens (tertiary/aromatic N) is 1. The summed E-state index contributed by atoms with van der Waals surface area (Å²) in [5.41, 5.74) is 0. The van der Waals surface area contributed by atoms with Gasteiger partial charge in [0.05, 0.1) is 13.0 Å². The summed E-state index contributed by atoms with van der Waals surface area (Å²) in [5, 5.41) is 0. The maximum Gasteiger partial charge on any atom is 0.307 e. The molecule has 0 unspecified atom stereocenters. The highest BCUT2D eigenvalue weighted by Crippen LogP contribution is 2.28. The molecule has 0 aromatic heterocycles. The fourth-order valence-corrected chi connectivity index (χ4v) is 1.90. The van der Waals surface area contributed by atoms with E-state index >= 15 is 0 Å². The Kier molecular flexibility index (Phi) is 6.16. The van der Waals surface area contributed by atoms with Gasteiger partial charge >= 0.3 is 5.97 Å². The molecule has 1 aliphatic rings. The number of hydrogen-bond acceptors (Lipinski definition) is 3. The molecule has 0 aliphatic heterocycles. The van der Waals surface area contributed by atoms with Crippen LogP contribution in [0.2, 0.25) is 0 Å². The highest BCUT2D eigenvalue weighted by molar-refractivity contribution is 5.78. The van der Waals surface area contributed by atoms with Gasteiger partial charge in [0.15, 0.2) is 0 Å². The van der Waals surface area contributed by atoms with E-state index in [1.807, 2.05) is 4.90 Å². The first kappa shape index (κ1) is 15.0. The number of hydrogen-bond donors (Lipinski definition) is 0. The summed E-state index contributed by atoms with van der Waals surface area (Å²) in [6, 6.07) is 0.374. The Hall–Kier alpha value is -1.06. The summed E-state index contributed by atoms with van der Waals surface area (Å²) in [6.45, 7) is 6.95. The number of ether oxygens (including phenoxy) is 1. The van der Waals surface area contributed by atoms with Gasteiger partial charge in [0, 0.05) is 19.0 Å². The lowest BCUT2D eigenvalue weighted by Gasteiger charge is -2.22. The van der Waals surface area contributed by atoms with Crippen LogP contribution < -0.4 is 0 Å². The number of amides is 1. The summed E-state index contributed by atoms with van der Waals surface area (Å²) >= 11 is 0. The Labute approximate surface area is 110 Å². The lowest BCUT2D eigenvalue weighted by Crippen LogP contribution is -2.35. The summed E-state index contributed by atoms with van der Waals surface area (Å²) in [6.07, 6.45) is 3.99. The quantitative estimate of drug-likeness (QED) is 0.626. The molecule has 0 N–H and O–H groups in total. The third kappa shape index (κ3) is 5.52. The minimum Gasteiger partial charge on any atom is -0.466 e. The average molecular weight is 255 g/mol. The van der Waals surface area contributed by atoms with Crippen molar-refractivity contribution in [3.05, 3.63) is 0 Å². The van der Waals surface area contributed by atoms with E-state index in [1.54, 1.807) is 6.92 Å². The van der Waals surface area contributed by atoms with Crippen LogP contribution in [0.15, 0.2) is 0 Å². The normalized spacial score (nSPS) is 14.7. The van der Waals surface area contributed by atoms with Gasteiger partial charge in [0.2, 0.25) is 5.91 Å². The molecule has 104 valence electrons. The minimum atomic E-state index is -0.209. The van der Waals surface area contributed by atoms with Crippen LogP contribution in [0.5, 0.6) is 0 Å². The van der Waals surface area contributed by atoms with Crippen LogP contribution in [0.1, 0.15) is 52.9 Å². The van der Waals surface area contributed by atoms with E-state index in [0.29, 0.717) is 38.0 Å². The molecule has 0 saturated heterocycles. The molecule has 0 atom stereocenters. The summed E-state index contributed by atoms with van der Waals surface area (Å²) in [7, 11) is 0. The number of carbonyl (C=O) groups excluding carboxylic acids is 2. The largest absolute Gasteiger partial charge is 0.466 e. The molecule has 0 bridgehead atoms. The first-order chi connectivity index (χ1) is 8.54. The maximum absolute atomic E-state index is 12.1. The van der Waals surface area contributed by atoms with Crippen LogP contribution in [0.4, 0.5) is 0 Å². The molecule has 0 spiro atoms. The topological polar surface area (TPSA) is 46.6 Å². The van der Waals surface area contributed by atoms with Crippen molar-refractivity contribution < 1.29 is 14.3 Å². The Morgan fingerprint density at radius 1 is 1.28 bits per heavy atom. The van der Waals surface area contributed by atoms with Gasteiger partial charge in [-0.25, -0.2) is 0 Å². The third-order valence-electron chi connectivity index (χ3n) is 3.11. The number of esters is 1. The van der Waals surface area contributed by atoms with Crippen LogP contribution >= 0.6 is 0 Å². The van der Waals surface area contributed by atoms with E-state index in [1.165, 1.54) is 0 Å². The van der Waals surface area contributed by atoms with Gasteiger partial charge in [0.1, 0.15) is 0 Å². The first-order valence-electron chi connectivity index (χ1n) is 6.99. The van der Waals surface area contributed by atoms with Crippen LogP contribution in [-0.2, 0) is 14.3 Å². The zero-order chi connectivity index (χ0) is 13.5. The van der Waals surface area contributed by atoms with Gasteiger partial charge in [-0.3, -0.25) is 9.59 Å². The smallest absolute Gasteiger partial charge is 0.307 e. The van der Waals surface area contributed by atoms with E-state index in [0.717, 1.165) is 19.3 Å². The fourth-order valence-electron chi connectivity index (χ4n) is 1.90. The van der Waals surface area contributed by atoms with E-state index < -0.39 is 0 Å². The Morgan fingerprint density at radius 3 is 2.44 bits per heavy atom. The van der Waals surface area contributed by atoms with Crippen molar-refractivity contribution in [3.8, 4) is 0 Å². The first-order valence-corrected chi connectivity index (χ1v) is 6.99. The summed E-state index contributed by atoms with van der Waals surface area (Å²) in [5.74, 6) is 0.523. The summed E-state index contributed by atoms with van der Waals surface area (Å²) in [4.78, 5) is 25.3. The average Bonchev–Trinajstić information content (AvgIpc) is 3.11. The van der Waals surface area contributed by atoms with Crippen molar-refractivity contribution in [2.75, 3.05) is 13.2 Å². The monoisotopic (exact) mass is 255 g/mol. The molecule has 4 heteroatoms. The molecule has 1 saturated carbocycles. The molecule has 4 nitrogen and oxygen atoms in total. The van der Waals surface area contributed by atoms with E-state index in [2.05, 4.69) is 13.8 Å². The predicted molar refractivity (Wildman–Crippen MR) is 70.1 cm³/mol. The lowest BCUT2D eigenvalue weighted by molar-refractivity contribution is -0.144. The van der Waals surface area contributed by atoms with E-state index in [9.17, 15) is 9.59 Å². The second kappa shape index (κ2) is 7.39. The zero-order valence-electron chi connectivity index (χ0n) is 11.8. The van der Waals surface area contributed by atoms with Crippen molar-refractivity contribution in [1.29, 1.82) is 0 Å².